The van der Waals surface area contributed by atoms with E-state index in [1.54, 1.807) is 30.3 Å². The fourth-order valence-electron chi connectivity index (χ4n) is 3.54. The number of primary amides is 1. The second kappa shape index (κ2) is 9.58. The first-order chi connectivity index (χ1) is 16.9. The van der Waals surface area contributed by atoms with Gasteiger partial charge in [-0.1, -0.05) is 30.3 Å². The highest BCUT2D eigenvalue weighted by atomic mass is 79.9. The first-order valence-electron chi connectivity index (χ1n) is 10.1. The number of alkyl halides is 5. The number of nitrogens with one attached hydrogen (secondary N) is 1. The number of hydrogen-bond acceptors (Lipinski definition) is 5. The summed E-state index contributed by atoms with van der Waals surface area (Å²) in [4.78, 5) is 28.9. The molecule has 1 aromatic carbocycles. The maximum absolute atomic E-state index is 13.6. The van der Waals surface area contributed by atoms with Crippen molar-refractivity contribution in [2.24, 2.45) is 5.73 Å². The number of carbonyl (C=O) groups excluding carboxylic acids is 2. The molecule has 7 nitrogen and oxygen atoms in total. The van der Waals surface area contributed by atoms with Crippen molar-refractivity contribution in [2.75, 3.05) is 5.32 Å². The van der Waals surface area contributed by atoms with E-state index in [4.69, 9.17) is 5.73 Å². The van der Waals surface area contributed by atoms with Gasteiger partial charge in [-0.15, -0.1) is 11.3 Å². The van der Waals surface area contributed by atoms with Crippen LogP contribution in [0.3, 0.4) is 0 Å². The Labute approximate surface area is 212 Å². The Hall–Kier alpha value is -3.39. The Morgan fingerprint density at radius 1 is 1.22 bits per heavy atom. The number of hydrogen-bond donors (Lipinski definition) is 2. The molecule has 3 N–H and O–H groups in total. The summed E-state index contributed by atoms with van der Waals surface area (Å²) in [6.07, 6.45) is -7.65. The minimum absolute atomic E-state index is 0.0353. The van der Waals surface area contributed by atoms with Gasteiger partial charge in [0.2, 0.25) is 5.91 Å². The van der Waals surface area contributed by atoms with Gasteiger partial charge in [0.05, 0.1) is 15.9 Å². The number of halogens is 6. The lowest BCUT2D eigenvalue weighted by atomic mass is 10.0. The number of rotatable bonds is 6. The van der Waals surface area contributed by atoms with E-state index in [1.807, 2.05) is 0 Å². The van der Waals surface area contributed by atoms with E-state index < -0.39 is 42.3 Å². The molecule has 0 radical (unpaired) electrons. The van der Waals surface area contributed by atoms with Crippen LogP contribution in [0.2, 0.25) is 0 Å². The molecule has 0 saturated carbocycles. The predicted octanol–water partition coefficient (Wildman–Crippen LogP) is 5.92. The van der Waals surface area contributed by atoms with Crippen LogP contribution in [0.15, 0.2) is 40.9 Å². The van der Waals surface area contributed by atoms with E-state index in [0.717, 1.165) is 22.1 Å². The summed E-state index contributed by atoms with van der Waals surface area (Å²) in [6, 6.07) is 9.54. The van der Waals surface area contributed by atoms with Crippen molar-refractivity contribution < 1.29 is 31.5 Å². The number of fused-ring (bicyclic) bond motifs is 1. The number of thiophene rings is 1. The Kier molecular flexibility index (Phi) is 6.84. The van der Waals surface area contributed by atoms with Crippen LogP contribution in [0.5, 0.6) is 0 Å². The zero-order valence-electron chi connectivity index (χ0n) is 18.2. The van der Waals surface area contributed by atoms with Crippen LogP contribution in [0, 0.1) is 6.92 Å². The van der Waals surface area contributed by atoms with Crippen LogP contribution in [0.1, 0.15) is 33.2 Å². The van der Waals surface area contributed by atoms with E-state index in [9.17, 15) is 31.5 Å². The monoisotopic (exact) mass is 587 g/mol. The number of carbonyl (C=O) groups is 2. The van der Waals surface area contributed by atoms with Crippen LogP contribution in [0.4, 0.5) is 27.6 Å². The van der Waals surface area contributed by atoms with Gasteiger partial charge in [0.1, 0.15) is 21.9 Å². The quantitative estimate of drug-likeness (QED) is 0.273. The minimum Gasteiger partial charge on any atom is -0.365 e. The standard InChI is InChI=1S/C22H15BrF5N5O2S/c1-9-15(23)18(22(26,27)28)32-33(9)8-13(34)31-16-14-11(10-5-3-2-4-6-10)7-12(19(24)25)30-21(14)36-17(16)20(29)35/h2-7,19H,8H2,1H3,(H2,29,35)(H,31,34). The smallest absolute Gasteiger partial charge is 0.365 e. The summed E-state index contributed by atoms with van der Waals surface area (Å²) in [5.74, 6) is -1.76. The molecule has 0 aliphatic rings. The summed E-state index contributed by atoms with van der Waals surface area (Å²) in [5, 5.41) is 6.17. The van der Waals surface area contributed by atoms with Gasteiger partial charge < -0.3 is 11.1 Å². The van der Waals surface area contributed by atoms with E-state index in [1.165, 1.54) is 6.92 Å². The van der Waals surface area contributed by atoms with Crippen molar-refractivity contribution >= 4 is 55.0 Å². The van der Waals surface area contributed by atoms with Crippen LogP contribution in [0.25, 0.3) is 21.3 Å². The van der Waals surface area contributed by atoms with Gasteiger partial charge in [-0.2, -0.15) is 18.3 Å². The van der Waals surface area contributed by atoms with Gasteiger partial charge in [0, 0.05) is 5.39 Å². The number of nitrogens with zero attached hydrogens (tertiary/aromatic N) is 3. The van der Waals surface area contributed by atoms with Crippen molar-refractivity contribution in [1.29, 1.82) is 0 Å². The third-order valence-corrected chi connectivity index (χ3v) is 7.22. The highest BCUT2D eigenvalue weighted by molar-refractivity contribution is 9.10. The van der Waals surface area contributed by atoms with E-state index in [-0.39, 0.29) is 36.5 Å². The summed E-state index contributed by atoms with van der Waals surface area (Å²) < 4.78 is 67.2. The second-order valence-corrected chi connectivity index (χ2v) is 9.36. The molecule has 14 heteroatoms. The summed E-state index contributed by atoms with van der Waals surface area (Å²) >= 11 is 3.56. The van der Waals surface area contributed by atoms with Crippen LogP contribution in [-0.2, 0) is 17.5 Å². The molecule has 0 bridgehead atoms. The highest BCUT2D eigenvalue weighted by Gasteiger charge is 2.38. The van der Waals surface area contributed by atoms with Crippen molar-refractivity contribution in [3.8, 4) is 11.1 Å². The van der Waals surface area contributed by atoms with Gasteiger partial charge in [0.15, 0.2) is 5.69 Å². The van der Waals surface area contributed by atoms with Gasteiger partial charge in [-0.25, -0.2) is 13.8 Å². The van der Waals surface area contributed by atoms with Gasteiger partial charge >= 0.3 is 6.18 Å². The maximum atomic E-state index is 13.6. The first-order valence-corrected chi connectivity index (χ1v) is 11.7. The van der Waals surface area contributed by atoms with Crippen molar-refractivity contribution in [2.45, 2.75) is 26.1 Å². The lowest BCUT2D eigenvalue weighted by Crippen LogP contribution is -2.22. The number of benzene rings is 1. The molecule has 0 aliphatic carbocycles. The number of pyridine rings is 1. The van der Waals surface area contributed by atoms with Crippen molar-refractivity contribution in [1.82, 2.24) is 14.8 Å². The zero-order valence-corrected chi connectivity index (χ0v) is 20.6. The first kappa shape index (κ1) is 25.7. The molecule has 4 rings (SSSR count). The molecule has 0 spiro atoms. The molecule has 0 atom stereocenters. The summed E-state index contributed by atoms with van der Waals surface area (Å²) in [7, 11) is 0. The van der Waals surface area contributed by atoms with E-state index in [2.05, 4.69) is 31.3 Å². The van der Waals surface area contributed by atoms with Crippen LogP contribution in [-0.4, -0.2) is 26.6 Å². The number of nitrogens with two attached hydrogens (primary N) is 1. The molecule has 3 heterocycles. The third kappa shape index (κ3) is 4.82. The molecule has 0 aliphatic heterocycles. The lowest BCUT2D eigenvalue weighted by molar-refractivity contribution is -0.142. The highest BCUT2D eigenvalue weighted by Crippen LogP contribution is 2.42. The molecule has 3 aromatic heterocycles. The summed E-state index contributed by atoms with van der Waals surface area (Å²) in [5.41, 5.74) is 4.52. The van der Waals surface area contributed by atoms with Gasteiger partial charge in [-0.3, -0.25) is 14.3 Å². The number of amides is 2. The Morgan fingerprint density at radius 2 is 1.89 bits per heavy atom. The lowest BCUT2D eigenvalue weighted by Gasteiger charge is -2.11. The molecular weight excluding hydrogens is 573 g/mol. The van der Waals surface area contributed by atoms with E-state index in [0.29, 0.717) is 5.56 Å². The maximum Gasteiger partial charge on any atom is 0.436 e. The molecular formula is C22H15BrF5N5O2S. The fourth-order valence-corrected chi connectivity index (χ4v) is 5.06. The Bertz CT molecular complexity index is 1480. The topological polar surface area (TPSA) is 103 Å². The zero-order chi connectivity index (χ0) is 26.4. The second-order valence-electron chi connectivity index (χ2n) is 7.56. The summed E-state index contributed by atoms with van der Waals surface area (Å²) in [6.45, 7) is 0.719. The van der Waals surface area contributed by atoms with Gasteiger partial charge in [0.25, 0.3) is 12.3 Å². The van der Waals surface area contributed by atoms with Crippen molar-refractivity contribution in [3.63, 3.8) is 0 Å². The molecule has 2 amide bonds. The number of anilines is 1. The average molecular weight is 588 g/mol. The van der Waals surface area contributed by atoms with Crippen LogP contribution < -0.4 is 11.1 Å². The minimum atomic E-state index is -4.74. The largest absolute Gasteiger partial charge is 0.436 e. The molecule has 4 aromatic rings. The number of aromatic nitrogens is 3. The fraction of sp³-hybridized carbons (Fsp3) is 0.182. The predicted molar refractivity (Wildman–Crippen MR) is 127 cm³/mol. The molecule has 36 heavy (non-hydrogen) atoms. The Balaban J connectivity index is 1.82. The van der Waals surface area contributed by atoms with Crippen LogP contribution >= 0.6 is 27.3 Å². The normalized spacial score (nSPS) is 11.9. The van der Waals surface area contributed by atoms with Crippen molar-refractivity contribution in [3.05, 3.63) is 62.8 Å². The molecule has 0 unspecified atom stereocenters. The van der Waals surface area contributed by atoms with Gasteiger partial charge in [-0.05, 0) is 40.0 Å². The molecule has 0 saturated heterocycles. The average Bonchev–Trinajstić information content (AvgIpc) is 3.31. The third-order valence-electron chi connectivity index (χ3n) is 5.17. The molecule has 188 valence electrons. The van der Waals surface area contributed by atoms with E-state index >= 15 is 0 Å². The SMILES string of the molecule is Cc1c(Br)c(C(F)(F)F)nn1CC(=O)Nc1c(C(N)=O)sc2nc(C(F)F)cc(-c3ccccc3)c12. The molecule has 0 fully saturated rings. The Morgan fingerprint density at radius 3 is 2.44 bits per heavy atom.